The number of nitrogens with two attached hydrogens (primary N) is 2. The molecule has 2 atom stereocenters. The van der Waals surface area contributed by atoms with Crippen molar-refractivity contribution in [2.24, 2.45) is 17.4 Å². The third-order valence-electron chi connectivity index (χ3n) is 3.77. The van der Waals surface area contributed by atoms with E-state index in [1.54, 1.807) is 0 Å². The first-order chi connectivity index (χ1) is 10.0. The Labute approximate surface area is 123 Å². The molecular weight excluding hydrogens is 262 g/mol. The lowest BCUT2D eigenvalue weighted by atomic mass is 9.93. The van der Waals surface area contributed by atoms with Gasteiger partial charge in [0.2, 0.25) is 0 Å². The summed E-state index contributed by atoms with van der Waals surface area (Å²) in [6, 6.07) is 7.72. The van der Waals surface area contributed by atoms with Gasteiger partial charge in [0, 0.05) is 22.8 Å². The second kappa shape index (κ2) is 4.94. The molecule has 2 unspecified atom stereocenters. The summed E-state index contributed by atoms with van der Waals surface area (Å²) in [5.74, 6) is 0.432. The monoisotopic (exact) mass is 279 g/mol. The summed E-state index contributed by atoms with van der Waals surface area (Å²) < 4.78 is 0. The van der Waals surface area contributed by atoms with Crippen LogP contribution in [0.5, 0.6) is 0 Å². The zero-order valence-corrected chi connectivity index (χ0v) is 11.4. The highest BCUT2D eigenvalue weighted by Crippen LogP contribution is 2.29. The topological polar surface area (TPSA) is 112 Å². The third kappa shape index (κ3) is 2.45. The van der Waals surface area contributed by atoms with Gasteiger partial charge in [0.15, 0.2) is 0 Å². The third-order valence-corrected chi connectivity index (χ3v) is 3.77. The minimum atomic E-state index is 0.0700. The fourth-order valence-electron chi connectivity index (χ4n) is 2.60. The van der Waals surface area contributed by atoms with Gasteiger partial charge in [-0.2, -0.15) is 0 Å². The SMILES string of the molecule is N=C(N)C1=CC2NC(c3ccc(C(=N)N)cc3)=CC2C=C1. The van der Waals surface area contributed by atoms with E-state index in [1.165, 1.54) is 0 Å². The molecule has 21 heavy (non-hydrogen) atoms. The molecular formula is C16H17N5. The van der Waals surface area contributed by atoms with E-state index in [1.807, 2.05) is 36.4 Å². The molecule has 0 radical (unpaired) electrons. The smallest absolute Gasteiger partial charge is 0.122 e. The molecule has 1 aliphatic heterocycles. The zero-order chi connectivity index (χ0) is 15.0. The summed E-state index contributed by atoms with van der Waals surface area (Å²) in [5.41, 5.74) is 14.6. The van der Waals surface area contributed by atoms with E-state index in [0.29, 0.717) is 5.56 Å². The molecule has 0 fully saturated rings. The van der Waals surface area contributed by atoms with Crippen LogP contribution in [0.4, 0.5) is 0 Å². The lowest BCUT2D eigenvalue weighted by Gasteiger charge is -2.19. The van der Waals surface area contributed by atoms with Gasteiger partial charge in [0.25, 0.3) is 0 Å². The van der Waals surface area contributed by atoms with Crippen molar-refractivity contribution in [3.05, 3.63) is 65.3 Å². The van der Waals surface area contributed by atoms with Crippen LogP contribution < -0.4 is 16.8 Å². The Morgan fingerprint density at radius 1 is 1.00 bits per heavy atom. The second-order valence-corrected chi connectivity index (χ2v) is 5.21. The summed E-state index contributed by atoms with van der Waals surface area (Å²) in [4.78, 5) is 0. The number of hydrogen-bond donors (Lipinski definition) is 5. The molecule has 0 amide bonds. The molecule has 5 heteroatoms. The van der Waals surface area contributed by atoms with E-state index in [2.05, 4.69) is 17.5 Å². The zero-order valence-electron chi connectivity index (χ0n) is 11.4. The van der Waals surface area contributed by atoms with Crippen LogP contribution in [0.3, 0.4) is 0 Å². The van der Waals surface area contributed by atoms with Gasteiger partial charge >= 0.3 is 0 Å². The molecule has 1 aliphatic carbocycles. The molecule has 0 saturated heterocycles. The highest BCUT2D eigenvalue weighted by Gasteiger charge is 2.26. The van der Waals surface area contributed by atoms with Crippen LogP contribution in [0.15, 0.2) is 54.1 Å². The van der Waals surface area contributed by atoms with Crippen LogP contribution in [0.2, 0.25) is 0 Å². The van der Waals surface area contributed by atoms with Gasteiger partial charge in [-0.25, -0.2) is 0 Å². The van der Waals surface area contributed by atoms with Gasteiger partial charge in [-0.05, 0) is 5.56 Å². The van der Waals surface area contributed by atoms with Crippen molar-refractivity contribution < 1.29 is 0 Å². The Morgan fingerprint density at radius 3 is 2.33 bits per heavy atom. The number of hydrogen-bond acceptors (Lipinski definition) is 3. The number of amidine groups is 2. The molecule has 7 N–H and O–H groups in total. The van der Waals surface area contributed by atoms with Crippen LogP contribution in [-0.2, 0) is 0 Å². The largest absolute Gasteiger partial charge is 0.384 e. The summed E-state index contributed by atoms with van der Waals surface area (Å²) in [7, 11) is 0. The maximum absolute atomic E-state index is 7.50. The van der Waals surface area contributed by atoms with E-state index < -0.39 is 0 Å². The van der Waals surface area contributed by atoms with Crippen molar-refractivity contribution in [2.45, 2.75) is 6.04 Å². The second-order valence-electron chi connectivity index (χ2n) is 5.21. The van der Waals surface area contributed by atoms with Crippen LogP contribution in [0.1, 0.15) is 11.1 Å². The van der Waals surface area contributed by atoms with Crippen LogP contribution in [0.25, 0.3) is 5.70 Å². The Balaban J connectivity index is 1.82. The first-order valence-electron chi connectivity index (χ1n) is 6.72. The van der Waals surface area contributed by atoms with E-state index in [-0.39, 0.29) is 23.6 Å². The van der Waals surface area contributed by atoms with Crippen molar-refractivity contribution >= 4 is 17.4 Å². The van der Waals surface area contributed by atoms with Gasteiger partial charge in [-0.1, -0.05) is 48.6 Å². The predicted molar refractivity (Wildman–Crippen MR) is 85.0 cm³/mol. The van der Waals surface area contributed by atoms with E-state index in [0.717, 1.165) is 16.8 Å². The molecule has 3 rings (SSSR count). The molecule has 0 saturated carbocycles. The quantitative estimate of drug-likeness (QED) is 0.425. The average molecular weight is 279 g/mol. The summed E-state index contributed by atoms with van der Waals surface area (Å²) in [5, 5.41) is 18.3. The Hall–Kier alpha value is -2.82. The van der Waals surface area contributed by atoms with Gasteiger partial charge < -0.3 is 16.8 Å². The summed E-state index contributed by atoms with van der Waals surface area (Å²) >= 11 is 0. The minimum Gasteiger partial charge on any atom is -0.384 e. The molecule has 106 valence electrons. The first-order valence-corrected chi connectivity index (χ1v) is 6.72. The molecule has 5 nitrogen and oxygen atoms in total. The lowest BCUT2D eigenvalue weighted by Crippen LogP contribution is -2.29. The number of benzene rings is 1. The van der Waals surface area contributed by atoms with Crippen LogP contribution >= 0.6 is 0 Å². The van der Waals surface area contributed by atoms with Gasteiger partial charge in [-0.3, -0.25) is 10.8 Å². The lowest BCUT2D eigenvalue weighted by molar-refractivity contribution is 0.652. The number of fused-ring (bicyclic) bond motifs is 1. The van der Waals surface area contributed by atoms with Crippen LogP contribution in [-0.4, -0.2) is 17.7 Å². The highest BCUT2D eigenvalue weighted by atomic mass is 15.0. The van der Waals surface area contributed by atoms with Crippen molar-refractivity contribution in [1.29, 1.82) is 10.8 Å². The van der Waals surface area contributed by atoms with E-state index in [4.69, 9.17) is 22.3 Å². The predicted octanol–water partition coefficient (Wildman–Crippen LogP) is 1.33. The first kappa shape index (κ1) is 13.2. The molecule has 0 spiro atoms. The maximum atomic E-state index is 7.50. The Bertz CT molecular complexity index is 694. The van der Waals surface area contributed by atoms with Crippen LogP contribution in [0, 0.1) is 16.7 Å². The summed E-state index contributed by atoms with van der Waals surface area (Å²) in [6.07, 6.45) is 8.10. The maximum Gasteiger partial charge on any atom is 0.122 e. The molecule has 1 heterocycles. The summed E-state index contributed by atoms with van der Waals surface area (Å²) in [6.45, 7) is 0. The fourth-order valence-corrected chi connectivity index (χ4v) is 2.60. The average Bonchev–Trinajstić information content (AvgIpc) is 2.90. The fraction of sp³-hybridized carbons (Fsp3) is 0.125. The minimum absolute atomic E-state index is 0.0700. The molecule has 2 aliphatic rings. The Morgan fingerprint density at radius 2 is 1.71 bits per heavy atom. The van der Waals surface area contributed by atoms with Crippen molar-refractivity contribution in [3.8, 4) is 0 Å². The van der Waals surface area contributed by atoms with Gasteiger partial charge in [-0.15, -0.1) is 0 Å². The standard InChI is InChI=1S/C16H17N5/c17-15(18)10-3-1-9(2-4-10)13-7-11-5-6-12(16(19)20)8-14(11)21-13/h1-8,11,14,21H,(H3,17,18)(H3,19,20). The van der Waals surface area contributed by atoms with E-state index in [9.17, 15) is 0 Å². The Kier molecular flexibility index (Phi) is 3.10. The number of nitrogen functional groups attached to an aromatic ring is 1. The molecule has 1 aromatic carbocycles. The van der Waals surface area contributed by atoms with Gasteiger partial charge in [0.1, 0.15) is 11.7 Å². The normalized spacial score (nSPS) is 22.9. The number of nitrogens with one attached hydrogen (secondary N) is 3. The van der Waals surface area contributed by atoms with Crippen molar-refractivity contribution in [1.82, 2.24) is 5.32 Å². The van der Waals surface area contributed by atoms with Gasteiger partial charge in [0.05, 0.1) is 6.04 Å². The van der Waals surface area contributed by atoms with Crippen molar-refractivity contribution in [2.75, 3.05) is 0 Å². The molecule has 0 aromatic heterocycles. The number of rotatable bonds is 3. The van der Waals surface area contributed by atoms with E-state index >= 15 is 0 Å². The highest BCUT2D eigenvalue weighted by molar-refractivity contribution is 5.97. The molecule has 1 aromatic rings. The molecule has 0 bridgehead atoms. The van der Waals surface area contributed by atoms with Crippen molar-refractivity contribution in [3.63, 3.8) is 0 Å².